The molecule has 4 nitrogen and oxygen atoms in total. The molecule has 0 aliphatic carbocycles. The molecule has 0 bridgehead atoms. The first kappa shape index (κ1) is 17.3. The van der Waals surface area contributed by atoms with Gasteiger partial charge in [-0.25, -0.2) is 4.98 Å². The number of pyridine rings is 1. The number of nitrogens with one attached hydrogen (secondary N) is 1. The Morgan fingerprint density at radius 2 is 1.96 bits per heavy atom. The van der Waals surface area contributed by atoms with Crippen LogP contribution in [0.5, 0.6) is 0 Å². The van der Waals surface area contributed by atoms with Gasteiger partial charge in [0.05, 0.1) is 11.4 Å². The van der Waals surface area contributed by atoms with E-state index in [4.69, 9.17) is 0 Å². The van der Waals surface area contributed by atoms with Crippen LogP contribution in [0.1, 0.15) is 32.1 Å². The molecule has 0 aliphatic heterocycles. The lowest BCUT2D eigenvalue weighted by Gasteiger charge is -2.07. The average molecular weight is 351 g/mol. The fourth-order valence-electron chi connectivity index (χ4n) is 2.53. The maximum atomic E-state index is 12.3. The highest BCUT2D eigenvalue weighted by Crippen LogP contribution is 2.26. The number of aromatic nitrogens is 2. The molecule has 3 aromatic rings. The number of carbonyl (C=O) groups excluding carboxylic acids is 1. The number of thiazole rings is 1. The molecule has 25 heavy (non-hydrogen) atoms. The second-order valence-electron chi connectivity index (χ2n) is 6.05. The van der Waals surface area contributed by atoms with Gasteiger partial charge in [0, 0.05) is 29.6 Å². The highest BCUT2D eigenvalue weighted by Gasteiger charge is 2.11. The van der Waals surface area contributed by atoms with Gasteiger partial charge in [0.2, 0.25) is 0 Å². The van der Waals surface area contributed by atoms with Gasteiger partial charge in [-0.3, -0.25) is 9.78 Å². The van der Waals surface area contributed by atoms with E-state index in [-0.39, 0.29) is 5.91 Å². The molecule has 1 aromatic carbocycles. The molecule has 128 valence electrons. The number of nitrogens with zero attached hydrogens (tertiary/aromatic N) is 2. The standard InChI is InChI=1S/C20H21N3OS/c1-13-7-8-16(12-14(13)2)19(24)22-11-9-18-15(3)23-20(25-18)17-6-4-5-10-21-17/h4-8,10,12H,9,11H2,1-3H3,(H,22,24). The second-order valence-corrected chi connectivity index (χ2v) is 7.13. The Balaban J connectivity index is 1.61. The van der Waals surface area contributed by atoms with Crippen molar-refractivity contribution in [3.05, 3.63) is 69.9 Å². The quantitative estimate of drug-likeness (QED) is 0.753. The zero-order valence-corrected chi connectivity index (χ0v) is 15.5. The molecule has 3 rings (SSSR count). The minimum atomic E-state index is -0.0322. The molecule has 0 atom stereocenters. The van der Waals surface area contributed by atoms with Gasteiger partial charge in [0.25, 0.3) is 5.91 Å². The topological polar surface area (TPSA) is 54.9 Å². The molecule has 1 amide bonds. The van der Waals surface area contributed by atoms with Gasteiger partial charge < -0.3 is 5.32 Å². The molecule has 0 saturated carbocycles. The first-order valence-electron chi connectivity index (χ1n) is 8.28. The lowest BCUT2D eigenvalue weighted by Crippen LogP contribution is -2.25. The Bertz CT molecular complexity index is 887. The normalized spacial score (nSPS) is 10.7. The summed E-state index contributed by atoms with van der Waals surface area (Å²) in [5.41, 5.74) is 4.93. The molecule has 0 radical (unpaired) electrons. The van der Waals surface area contributed by atoms with Crippen LogP contribution in [0.15, 0.2) is 42.6 Å². The molecule has 0 saturated heterocycles. The van der Waals surface area contributed by atoms with Crippen LogP contribution in [0.4, 0.5) is 0 Å². The predicted octanol–water partition coefficient (Wildman–Crippen LogP) is 4.10. The lowest BCUT2D eigenvalue weighted by molar-refractivity contribution is 0.0954. The van der Waals surface area contributed by atoms with Crippen LogP contribution in [-0.4, -0.2) is 22.4 Å². The maximum Gasteiger partial charge on any atom is 0.251 e. The third-order valence-electron chi connectivity index (χ3n) is 4.18. The molecule has 2 aromatic heterocycles. The number of carbonyl (C=O) groups is 1. The van der Waals surface area contributed by atoms with Crippen LogP contribution in [0.25, 0.3) is 10.7 Å². The van der Waals surface area contributed by atoms with E-state index in [2.05, 4.69) is 15.3 Å². The van der Waals surface area contributed by atoms with E-state index in [0.29, 0.717) is 12.1 Å². The van der Waals surface area contributed by atoms with E-state index in [1.165, 1.54) is 10.4 Å². The van der Waals surface area contributed by atoms with Gasteiger partial charge in [0.15, 0.2) is 0 Å². The first-order valence-corrected chi connectivity index (χ1v) is 9.09. The molecule has 0 fully saturated rings. The molecule has 0 unspecified atom stereocenters. The van der Waals surface area contributed by atoms with E-state index in [1.54, 1.807) is 17.5 Å². The first-order chi connectivity index (χ1) is 12.0. The van der Waals surface area contributed by atoms with Gasteiger partial charge >= 0.3 is 0 Å². The van der Waals surface area contributed by atoms with Crippen molar-refractivity contribution in [1.82, 2.24) is 15.3 Å². The van der Waals surface area contributed by atoms with Crippen molar-refractivity contribution in [3.63, 3.8) is 0 Å². The fraction of sp³-hybridized carbons (Fsp3) is 0.250. The molecule has 0 aliphatic rings. The molecule has 2 heterocycles. The number of rotatable bonds is 5. The molecule has 0 spiro atoms. The van der Waals surface area contributed by atoms with Crippen LogP contribution >= 0.6 is 11.3 Å². The SMILES string of the molecule is Cc1ccc(C(=O)NCCc2sc(-c3ccccn3)nc2C)cc1C. The van der Waals surface area contributed by atoms with Gasteiger partial charge in [-0.05, 0) is 56.2 Å². The highest BCUT2D eigenvalue weighted by atomic mass is 32.1. The lowest BCUT2D eigenvalue weighted by atomic mass is 10.1. The molecule has 1 N–H and O–H groups in total. The number of benzene rings is 1. The van der Waals surface area contributed by atoms with Gasteiger partial charge in [0.1, 0.15) is 5.01 Å². The van der Waals surface area contributed by atoms with Gasteiger partial charge in [-0.15, -0.1) is 11.3 Å². The van der Waals surface area contributed by atoms with Crippen LogP contribution in [0, 0.1) is 20.8 Å². The third-order valence-corrected chi connectivity index (χ3v) is 5.42. The summed E-state index contributed by atoms with van der Waals surface area (Å²) in [6.07, 6.45) is 2.54. The Labute approximate surface area is 152 Å². The Kier molecular flexibility index (Phi) is 5.24. The summed E-state index contributed by atoms with van der Waals surface area (Å²) >= 11 is 1.64. The highest BCUT2D eigenvalue weighted by molar-refractivity contribution is 7.15. The summed E-state index contributed by atoms with van der Waals surface area (Å²) < 4.78 is 0. The Morgan fingerprint density at radius 3 is 2.68 bits per heavy atom. The van der Waals surface area contributed by atoms with Gasteiger partial charge in [-0.2, -0.15) is 0 Å². The van der Waals surface area contributed by atoms with Crippen molar-refractivity contribution in [2.24, 2.45) is 0 Å². The van der Waals surface area contributed by atoms with E-state index < -0.39 is 0 Å². The zero-order valence-electron chi connectivity index (χ0n) is 14.7. The second kappa shape index (κ2) is 7.57. The summed E-state index contributed by atoms with van der Waals surface area (Å²) in [6.45, 7) is 6.66. The van der Waals surface area contributed by atoms with Crippen LogP contribution in [-0.2, 0) is 6.42 Å². The van der Waals surface area contributed by atoms with Gasteiger partial charge in [-0.1, -0.05) is 12.1 Å². The van der Waals surface area contributed by atoms with Crippen molar-refractivity contribution in [3.8, 4) is 10.7 Å². The van der Waals surface area contributed by atoms with Crippen molar-refractivity contribution in [2.45, 2.75) is 27.2 Å². The molecule has 5 heteroatoms. The summed E-state index contributed by atoms with van der Waals surface area (Å²) in [5, 5.41) is 3.92. The van der Waals surface area contributed by atoms with E-state index >= 15 is 0 Å². The van der Waals surface area contributed by atoms with Crippen LogP contribution < -0.4 is 5.32 Å². The van der Waals surface area contributed by atoms with Crippen molar-refractivity contribution in [2.75, 3.05) is 6.54 Å². The molecular formula is C20H21N3OS. The number of hydrogen-bond acceptors (Lipinski definition) is 4. The largest absolute Gasteiger partial charge is 0.352 e. The summed E-state index contributed by atoms with van der Waals surface area (Å²) in [4.78, 5) is 22.4. The maximum absolute atomic E-state index is 12.3. The smallest absolute Gasteiger partial charge is 0.251 e. The predicted molar refractivity (Wildman–Crippen MR) is 102 cm³/mol. The minimum absolute atomic E-state index is 0.0322. The number of hydrogen-bond donors (Lipinski definition) is 1. The Morgan fingerprint density at radius 1 is 1.12 bits per heavy atom. The van der Waals surface area contributed by atoms with E-state index in [9.17, 15) is 4.79 Å². The van der Waals surface area contributed by atoms with Crippen LogP contribution in [0.3, 0.4) is 0 Å². The zero-order chi connectivity index (χ0) is 17.8. The number of amides is 1. The van der Waals surface area contributed by atoms with Crippen LogP contribution in [0.2, 0.25) is 0 Å². The third kappa shape index (κ3) is 4.12. The van der Waals surface area contributed by atoms with Crippen molar-refractivity contribution >= 4 is 17.2 Å². The Hall–Kier alpha value is -2.53. The monoisotopic (exact) mass is 351 g/mol. The fourth-order valence-corrected chi connectivity index (χ4v) is 3.57. The number of aryl methyl sites for hydroxylation is 3. The summed E-state index contributed by atoms with van der Waals surface area (Å²) in [6, 6.07) is 11.6. The summed E-state index contributed by atoms with van der Waals surface area (Å²) in [7, 11) is 0. The van der Waals surface area contributed by atoms with E-state index in [0.717, 1.165) is 28.4 Å². The minimum Gasteiger partial charge on any atom is -0.352 e. The van der Waals surface area contributed by atoms with E-state index in [1.807, 2.05) is 57.2 Å². The summed E-state index contributed by atoms with van der Waals surface area (Å²) in [5.74, 6) is -0.0322. The average Bonchev–Trinajstić information content (AvgIpc) is 2.99. The molecular weight excluding hydrogens is 330 g/mol. The van der Waals surface area contributed by atoms with Crippen molar-refractivity contribution < 1.29 is 4.79 Å². The van der Waals surface area contributed by atoms with Crippen molar-refractivity contribution in [1.29, 1.82) is 0 Å².